The molecular weight excluding hydrogens is 444 g/mol. The fourth-order valence-electron chi connectivity index (χ4n) is 3.76. The minimum absolute atomic E-state index is 0.263. The van der Waals surface area contributed by atoms with Gasteiger partial charge in [0.05, 0.1) is 35.7 Å². The van der Waals surface area contributed by atoms with Gasteiger partial charge in [-0.05, 0) is 30.3 Å². The van der Waals surface area contributed by atoms with Crippen LogP contribution in [0.3, 0.4) is 0 Å². The van der Waals surface area contributed by atoms with Gasteiger partial charge in [0.1, 0.15) is 24.7 Å². The third-order valence-electron chi connectivity index (χ3n) is 5.46. The van der Waals surface area contributed by atoms with Gasteiger partial charge in [0.25, 0.3) is 5.91 Å². The van der Waals surface area contributed by atoms with E-state index in [1.54, 1.807) is 36.4 Å². The summed E-state index contributed by atoms with van der Waals surface area (Å²) in [6, 6.07) is 22.5. The monoisotopic (exact) mass is 468 g/mol. The number of ether oxygens (including phenoxy) is 2. The highest BCUT2D eigenvalue weighted by molar-refractivity contribution is 6.12. The van der Waals surface area contributed by atoms with Crippen LogP contribution in [0.1, 0.15) is 16.1 Å². The lowest BCUT2D eigenvalue weighted by atomic mass is 10.1. The lowest BCUT2D eigenvalue weighted by molar-refractivity contribution is 0.102. The molecule has 0 spiro atoms. The van der Waals surface area contributed by atoms with E-state index in [1.165, 1.54) is 0 Å². The Morgan fingerprint density at radius 1 is 1.03 bits per heavy atom. The van der Waals surface area contributed by atoms with E-state index < -0.39 is 0 Å². The average Bonchev–Trinajstić information content (AvgIpc) is 3.55. The molecule has 5 rings (SSSR count). The van der Waals surface area contributed by atoms with E-state index in [0.29, 0.717) is 53.5 Å². The number of hydrogen-bond donors (Lipinski definition) is 1. The van der Waals surface area contributed by atoms with E-state index in [-0.39, 0.29) is 5.91 Å². The number of nitrogens with one attached hydrogen (secondary N) is 1. The number of benzene rings is 2. The van der Waals surface area contributed by atoms with E-state index in [4.69, 9.17) is 18.9 Å². The van der Waals surface area contributed by atoms with Gasteiger partial charge in [-0.2, -0.15) is 5.10 Å². The van der Waals surface area contributed by atoms with Crippen molar-refractivity contribution in [3.05, 3.63) is 96.6 Å². The molecule has 1 N–H and O–H groups in total. The van der Waals surface area contributed by atoms with Crippen LogP contribution >= 0.6 is 0 Å². The molecule has 8 nitrogen and oxygen atoms in total. The van der Waals surface area contributed by atoms with Gasteiger partial charge in [0.2, 0.25) is 0 Å². The molecule has 0 fully saturated rings. The molecule has 0 radical (unpaired) electrons. The number of anilines is 1. The van der Waals surface area contributed by atoms with Crippen LogP contribution in [0.2, 0.25) is 0 Å². The van der Waals surface area contributed by atoms with Crippen molar-refractivity contribution in [3.63, 3.8) is 0 Å². The second kappa shape index (κ2) is 10.2. The van der Waals surface area contributed by atoms with Crippen molar-refractivity contribution in [3.8, 4) is 17.0 Å². The predicted octanol–water partition coefficient (Wildman–Crippen LogP) is 5.02. The lowest BCUT2D eigenvalue weighted by Crippen LogP contribution is -2.13. The summed E-state index contributed by atoms with van der Waals surface area (Å²) in [7, 11) is 1.62. The fourth-order valence-corrected chi connectivity index (χ4v) is 3.76. The first-order valence-corrected chi connectivity index (χ1v) is 11.2. The number of fused-ring (bicyclic) bond motifs is 1. The van der Waals surface area contributed by atoms with Gasteiger partial charge < -0.3 is 19.2 Å². The number of pyridine rings is 1. The Morgan fingerprint density at radius 3 is 2.71 bits per heavy atom. The van der Waals surface area contributed by atoms with Crippen molar-refractivity contribution < 1.29 is 18.7 Å². The summed E-state index contributed by atoms with van der Waals surface area (Å²) in [5, 5.41) is 8.13. The SMILES string of the molecule is COCCOc1cccc(NC(=O)c2cc(-c3ccccc3)nc3c2cnn3Cc2ccco2)c1. The maximum Gasteiger partial charge on any atom is 0.256 e. The molecule has 2 aromatic carbocycles. The quantitative estimate of drug-likeness (QED) is 0.306. The van der Waals surface area contributed by atoms with Crippen LogP contribution in [-0.4, -0.2) is 41.0 Å². The molecular formula is C27H24N4O4. The van der Waals surface area contributed by atoms with Crippen LogP contribution in [0.4, 0.5) is 5.69 Å². The molecule has 5 aromatic rings. The van der Waals surface area contributed by atoms with E-state index in [9.17, 15) is 4.79 Å². The van der Waals surface area contributed by atoms with Gasteiger partial charge in [-0.25, -0.2) is 9.67 Å². The number of furan rings is 1. The van der Waals surface area contributed by atoms with Gasteiger partial charge in [0.15, 0.2) is 5.65 Å². The third-order valence-corrected chi connectivity index (χ3v) is 5.46. The number of rotatable bonds is 9. The number of carbonyl (C=O) groups is 1. The van der Waals surface area contributed by atoms with Gasteiger partial charge in [-0.3, -0.25) is 4.79 Å². The highest BCUT2D eigenvalue weighted by atomic mass is 16.5. The summed E-state index contributed by atoms with van der Waals surface area (Å²) < 4.78 is 17.9. The van der Waals surface area contributed by atoms with Gasteiger partial charge in [-0.15, -0.1) is 0 Å². The number of amides is 1. The van der Waals surface area contributed by atoms with Crippen LogP contribution in [0.25, 0.3) is 22.3 Å². The van der Waals surface area contributed by atoms with E-state index in [1.807, 2.05) is 60.7 Å². The minimum atomic E-state index is -0.263. The maximum absolute atomic E-state index is 13.5. The second-order valence-electron chi connectivity index (χ2n) is 7.86. The number of nitrogens with zero attached hydrogens (tertiary/aromatic N) is 3. The molecule has 0 aliphatic carbocycles. The Bertz CT molecular complexity index is 1430. The van der Waals surface area contributed by atoms with Crippen LogP contribution in [0.5, 0.6) is 5.75 Å². The topological polar surface area (TPSA) is 91.4 Å². The molecule has 8 heteroatoms. The Labute approximate surface area is 202 Å². The molecule has 0 unspecified atom stereocenters. The number of hydrogen-bond acceptors (Lipinski definition) is 6. The Kier molecular flexibility index (Phi) is 6.54. The van der Waals surface area contributed by atoms with Crippen molar-refractivity contribution in [2.45, 2.75) is 6.54 Å². The Hall–Kier alpha value is -4.43. The first-order chi connectivity index (χ1) is 17.2. The van der Waals surface area contributed by atoms with Crippen LogP contribution in [0, 0.1) is 0 Å². The molecule has 35 heavy (non-hydrogen) atoms. The molecule has 3 heterocycles. The third kappa shape index (κ3) is 5.07. The number of aromatic nitrogens is 3. The van der Waals surface area contributed by atoms with E-state index >= 15 is 0 Å². The zero-order valence-corrected chi connectivity index (χ0v) is 19.2. The summed E-state index contributed by atoms with van der Waals surface area (Å²) in [4.78, 5) is 18.3. The summed E-state index contributed by atoms with van der Waals surface area (Å²) >= 11 is 0. The molecule has 0 bridgehead atoms. The smallest absolute Gasteiger partial charge is 0.256 e. The summed E-state index contributed by atoms with van der Waals surface area (Å²) in [5.41, 5.74) is 3.29. The van der Waals surface area contributed by atoms with Crippen molar-refractivity contribution in [1.29, 1.82) is 0 Å². The highest BCUT2D eigenvalue weighted by Crippen LogP contribution is 2.27. The maximum atomic E-state index is 13.5. The normalized spacial score (nSPS) is 11.0. The van der Waals surface area contributed by atoms with Gasteiger partial charge in [0, 0.05) is 24.4 Å². The van der Waals surface area contributed by atoms with Crippen LogP contribution < -0.4 is 10.1 Å². The van der Waals surface area contributed by atoms with E-state index in [0.717, 1.165) is 11.3 Å². The summed E-state index contributed by atoms with van der Waals surface area (Å²) in [5.74, 6) is 1.13. The van der Waals surface area contributed by atoms with Crippen molar-refractivity contribution in [1.82, 2.24) is 14.8 Å². The van der Waals surface area contributed by atoms with Crippen LogP contribution in [0.15, 0.2) is 89.7 Å². The molecule has 0 saturated heterocycles. The molecule has 0 atom stereocenters. The van der Waals surface area contributed by atoms with Gasteiger partial charge in [-0.1, -0.05) is 36.4 Å². The van der Waals surface area contributed by atoms with Gasteiger partial charge >= 0.3 is 0 Å². The van der Waals surface area contributed by atoms with Crippen molar-refractivity contribution in [2.24, 2.45) is 0 Å². The highest BCUT2D eigenvalue weighted by Gasteiger charge is 2.18. The standard InChI is InChI=1S/C27H24N4O4/c1-33-13-14-35-21-10-5-9-20(15-21)29-27(32)23-16-25(19-7-3-2-4-8-19)30-26-24(23)17-28-31(26)18-22-11-6-12-34-22/h2-12,15-17H,13-14,18H2,1H3,(H,29,32). The first-order valence-electron chi connectivity index (χ1n) is 11.2. The molecule has 0 aliphatic heterocycles. The van der Waals surface area contributed by atoms with E-state index in [2.05, 4.69) is 10.4 Å². The fraction of sp³-hybridized carbons (Fsp3) is 0.148. The summed E-state index contributed by atoms with van der Waals surface area (Å²) in [6.07, 6.45) is 3.29. The predicted molar refractivity (Wildman–Crippen MR) is 133 cm³/mol. The Balaban J connectivity index is 1.50. The molecule has 1 amide bonds. The minimum Gasteiger partial charge on any atom is -0.491 e. The average molecular weight is 469 g/mol. The molecule has 176 valence electrons. The summed E-state index contributed by atoms with van der Waals surface area (Å²) in [6.45, 7) is 1.31. The zero-order valence-electron chi connectivity index (χ0n) is 19.2. The molecule has 0 aliphatic rings. The zero-order chi connectivity index (χ0) is 24.0. The second-order valence-corrected chi connectivity index (χ2v) is 7.86. The lowest BCUT2D eigenvalue weighted by Gasteiger charge is -2.11. The van der Waals surface area contributed by atoms with Crippen molar-refractivity contribution >= 4 is 22.6 Å². The molecule has 0 saturated carbocycles. The largest absolute Gasteiger partial charge is 0.491 e. The van der Waals surface area contributed by atoms with Crippen LogP contribution in [-0.2, 0) is 11.3 Å². The number of methoxy groups -OCH3 is 1. The van der Waals surface area contributed by atoms with Crippen molar-refractivity contribution in [2.75, 3.05) is 25.6 Å². The number of carbonyl (C=O) groups excluding carboxylic acids is 1. The Morgan fingerprint density at radius 2 is 1.91 bits per heavy atom. The first kappa shape index (κ1) is 22.4. The molecule has 3 aromatic heterocycles.